The summed E-state index contributed by atoms with van der Waals surface area (Å²) in [5, 5.41) is 7.86. The largest absolute Gasteiger partial charge is 0.388 e. The summed E-state index contributed by atoms with van der Waals surface area (Å²) in [6, 6.07) is 4.19. The number of benzene rings is 1. The maximum absolute atomic E-state index is 13.9. The van der Waals surface area contributed by atoms with E-state index in [1.807, 2.05) is 53.9 Å². The fraction of sp³-hybridized carbons (Fsp3) is 0.433. The van der Waals surface area contributed by atoms with Crippen LogP contribution in [0, 0.1) is 6.92 Å². The first-order valence-corrected chi connectivity index (χ1v) is 13.6. The van der Waals surface area contributed by atoms with Crippen LogP contribution in [0.5, 0.6) is 0 Å². The number of amides is 1. The number of carbonyl (C=O) groups excluding carboxylic acids is 2. The summed E-state index contributed by atoms with van der Waals surface area (Å²) < 4.78 is 15.8. The van der Waals surface area contributed by atoms with Crippen molar-refractivity contribution >= 4 is 17.9 Å². The topological polar surface area (TPSA) is 70.5 Å². The molecule has 5 rings (SSSR count). The van der Waals surface area contributed by atoms with Crippen molar-refractivity contribution in [1.29, 1.82) is 0 Å². The lowest BCUT2D eigenvalue weighted by molar-refractivity contribution is 0.0647. The number of rotatable bonds is 7. The number of halogens is 1. The quantitative estimate of drug-likeness (QED) is 0.503. The molecule has 8 heteroatoms. The van der Waals surface area contributed by atoms with Crippen molar-refractivity contribution in [1.82, 2.24) is 19.6 Å². The van der Waals surface area contributed by atoms with Crippen molar-refractivity contribution in [3.63, 3.8) is 0 Å². The van der Waals surface area contributed by atoms with E-state index in [4.69, 9.17) is 0 Å². The van der Waals surface area contributed by atoms with Gasteiger partial charge in [0.1, 0.15) is 5.83 Å². The molecule has 3 aliphatic rings. The Morgan fingerprint density at radius 2 is 1.95 bits per heavy atom. The Bertz CT molecular complexity index is 1290. The van der Waals surface area contributed by atoms with Crippen LogP contribution in [0.1, 0.15) is 64.4 Å². The molecule has 0 unspecified atom stereocenters. The second-order valence-electron chi connectivity index (χ2n) is 10.4. The van der Waals surface area contributed by atoms with Crippen molar-refractivity contribution in [2.75, 3.05) is 45.1 Å². The van der Waals surface area contributed by atoms with Crippen LogP contribution in [0.2, 0.25) is 0 Å². The summed E-state index contributed by atoms with van der Waals surface area (Å²) >= 11 is 0. The third-order valence-corrected chi connectivity index (χ3v) is 7.91. The van der Waals surface area contributed by atoms with Crippen LogP contribution in [-0.4, -0.2) is 71.5 Å². The number of aromatic nitrogens is 2. The van der Waals surface area contributed by atoms with Crippen molar-refractivity contribution in [2.24, 2.45) is 0 Å². The predicted octanol–water partition coefficient (Wildman–Crippen LogP) is 5.33. The SMILES string of the molecule is CNc1cc(C)c(C(=O)N2CCN(CC3=CC=CCC(F)=C3)CC2)cc1-c1c(C=O)cnn1C1CCCC1. The number of allylic oxidation sites excluding steroid dienone is 4. The third-order valence-electron chi connectivity index (χ3n) is 7.91. The molecular formula is C30H36FN5O2. The summed E-state index contributed by atoms with van der Waals surface area (Å²) in [6.07, 6.45) is 14.5. The molecule has 1 N–H and O–H groups in total. The van der Waals surface area contributed by atoms with E-state index in [0.29, 0.717) is 37.2 Å². The van der Waals surface area contributed by atoms with Gasteiger partial charge in [0.05, 0.1) is 23.5 Å². The van der Waals surface area contributed by atoms with E-state index >= 15 is 0 Å². The molecule has 1 aromatic heterocycles. The van der Waals surface area contributed by atoms with Crippen LogP contribution < -0.4 is 5.32 Å². The molecule has 0 atom stereocenters. The van der Waals surface area contributed by atoms with Gasteiger partial charge in [-0.2, -0.15) is 5.10 Å². The van der Waals surface area contributed by atoms with Gasteiger partial charge in [0.15, 0.2) is 6.29 Å². The van der Waals surface area contributed by atoms with Crippen molar-refractivity contribution < 1.29 is 14.0 Å². The van der Waals surface area contributed by atoms with Gasteiger partial charge >= 0.3 is 0 Å². The van der Waals surface area contributed by atoms with Gasteiger partial charge in [0, 0.05) is 63.0 Å². The number of hydrogen-bond donors (Lipinski definition) is 1. The molecule has 0 radical (unpaired) electrons. The van der Waals surface area contributed by atoms with Gasteiger partial charge in [-0.15, -0.1) is 0 Å². The fourth-order valence-corrected chi connectivity index (χ4v) is 5.82. The summed E-state index contributed by atoms with van der Waals surface area (Å²) in [7, 11) is 1.86. The Labute approximate surface area is 223 Å². The Morgan fingerprint density at radius 1 is 1.18 bits per heavy atom. The van der Waals surface area contributed by atoms with Crippen LogP contribution >= 0.6 is 0 Å². The monoisotopic (exact) mass is 517 g/mol. The molecule has 1 amide bonds. The molecule has 38 heavy (non-hydrogen) atoms. The van der Waals surface area contributed by atoms with E-state index < -0.39 is 0 Å². The van der Waals surface area contributed by atoms with Crippen molar-refractivity contribution in [3.05, 3.63) is 70.7 Å². The van der Waals surface area contributed by atoms with Gasteiger partial charge in [0.25, 0.3) is 5.91 Å². The summed E-state index contributed by atoms with van der Waals surface area (Å²) in [5.41, 5.74) is 5.50. The van der Waals surface area contributed by atoms with Crippen LogP contribution in [0.4, 0.5) is 10.1 Å². The van der Waals surface area contributed by atoms with Crippen molar-refractivity contribution in [2.45, 2.75) is 45.1 Å². The van der Waals surface area contributed by atoms with E-state index in [0.717, 1.165) is 73.1 Å². The molecule has 0 spiro atoms. The first-order valence-electron chi connectivity index (χ1n) is 13.6. The lowest BCUT2D eigenvalue weighted by atomic mass is 9.97. The van der Waals surface area contributed by atoms with Crippen LogP contribution in [0.25, 0.3) is 11.3 Å². The lowest BCUT2D eigenvalue weighted by Gasteiger charge is -2.35. The standard InChI is InChI=1S/C30H36FN5O2/c1-21-15-28(32-2)27(29-23(20-37)18-33-36(29)25-9-5-6-10-25)17-26(21)30(38)35-13-11-34(12-14-35)19-22-7-3-4-8-24(31)16-22/h3-4,7,15-18,20,25,32H,5-6,8-14,19H2,1-2H3. The molecule has 1 saturated heterocycles. The molecule has 1 aliphatic heterocycles. The number of aldehydes is 1. The normalized spacial score (nSPS) is 18.8. The lowest BCUT2D eigenvalue weighted by Crippen LogP contribution is -2.49. The Hall–Kier alpha value is -3.52. The summed E-state index contributed by atoms with van der Waals surface area (Å²) in [6.45, 7) is 5.29. The minimum absolute atomic E-state index is 0.00630. The number of nitrogens with one attached hydrogen (secondary N) is 1. The van der Waals surface area contributed by atoms with Gasteiger partial charge in [-0.1, -0.05) is 31.1 Å². The molecule has 0 bridgehead atoms. The van der Waals surface area contributed by atoms with Crippen molar-refractivity contribution in [3.8, 4) is 11.3 Å². The van der Waals surface area contributed by atoms with Crippen LogP contribution in [0.15, 0.2) is 54.0 Å². The molecule has 1 saturated carbocycles. The Kier molecular flexibility index (Phi) is 7.88. The predicted molar refractivity (Wildman–Crippen MR) is 148 cm³/mol. The minimum Gasteiger partial charge on any atom is -0.388 e. The fourth-order valence-electron chi connectivity index (χ4n) is 5.82. The third kappa shape index (κ3) is 5.36. The van der Waals surface area contributed by atoms with E-state index in [1.54, 1.807) is 12.3 Å². The number of anilines is 1. The number of nitrogens with zero attached hydrogens (tertiary/aromatic N) is 4. The highest BCUT2D eigenvalue weighted by atomic mass is 19.1. The van der Waals surface area contributed by atoms with Gasteiger partial charge in [0.2, 0.25) is 0 Å². The average Bonchev–Trinajstić information content (AvgIpc) is 3.56. The maximum Gasteiger partial charge on any atom is 0.254 e. The molecule has 1 aromatic carbocycles. The highest BCUT2D eigenvalue weighted by Gasteiger charge is 2.28. The summed E-state index contributed by atoms with van der Waals surface area (Å²) in [5.74, 6) is -0.129. The Morgan fingerprint density at radius 3 is 2.66 bits per heavy atom. The second-order valence-corrected chi connectivity index (χ2v) is 10.4. The average molecular weight is 518 g/mol. The van der Waals surface area contributed by atoms with E-state index in [2.05, 4.69) is 15.3 Å². The minimum atomic E-state index is -0.123. The number of piperazine rings is 1. The zero-order valence-corrected chi connectivity index (χ0v) is 22.3. The molecule has 2 aromatic rings. The molecule has 2 fully saturated rings. The highest BCUT2D eigenvalue weighted by molar-refractivity contribution is 6.00. The summed E-state index contributed by atoms with van der Waals surface area (Å²) in [4.78, 5) is 29.9. The molecular weight excluding hydrogens is 481 g/mol. The first kappa shape index (κ1) is 26.1. The smallest absolute Gasteiger partial charge is 0.254 e. The van der Waals surface area contributed by atoms with Gasteiger partial charge < -0.3 is 10.2 Å². The number of carbonyl (C=O) groups is 2. The maximum atomic E-state index is 13.9. The Balaban J connectivity index is 1.37. The highest BCUT2D eigenvalue weighted by Crippen LogP contribution is 2.38. The van der Waals surface area contributed by atoms with Gasteiger partial charge in [-0.05, 0) is 49.1 Å². The van der Waals surface area contributed by atoms with E-state index in [1.165, 1.54) is 0 Å². The van der Waals surface area contributed by atoms with E-state index in [-0.39, 0.29) is 17.8 Å². The van der Waals surface area contributed by atoms with Crippen LogP contribution in [-0.2, 0) is 0 Å². The molecule has 2 heterocycles. The van der Waals surface area contributed by atoms with Gasteiger partial charge in [-0.3, -0.25) is 19.2 Å². The molecule has 200 valence electrons. The number of hydrogen-bond acceptors (Lipinski definition) is 5. The van der Waals surface area contributed by atoms with E-state index in [9.17, 15) is 14.0 Å². The first-order chi connectivity index (χ1) is 18.5. The molecule has 2 aliphatic carbocycles. The van der Waals surface area contributed by atoms with Crippen LogP contribution in [0.3, 0.4) is 0 Å². The zero-order valence-electron chi connectivity index (χ0n) is 22.3. The van der Waals surface area contributed by atoms with Gasteiger partial charge in [-0.25, -0.2) is 4.39 Å². The number of aryl methyl sites for hydroxylation is 1. The second kappa shape index (κ2) is 11.5. The molecule has 7 nitrogen and oxygen atoms in total. The zero-order chi connectivity index (χ0) is 26.6.